The summed E-state index contributed by atoms with van der Waals surface area (Å²) >= 11 is 0. The van der Waals surface area contributed by atoms with E-state index in [0.717, 1.165) is 10.8 Å². The standard InChI is InChI=1S/C16H13N3O3/c20-15-10-5-11-3-1-2-4-14(11)16(15)18-17-12-6-8-13(9-7-12)19(21)22/h1-10,19-21H. The lowest BCUT2D eigenvalue weighted by Crippen LogP contribution is -2.99. The summed E-state index contributed by atoms with van der Waals surface area (Å²) in [5.41, 5.74) is 1.09. The van der Waals surface area contributed by atoms with Gasteiger partial charge in [-0.2, -0.15) is 10.3 Å². The van der Waals surface area contributed by atoms with Crippen LogP contribution in [-0.4, -0.2) is 10.3 Å². The van der Waals surface area contributed by atoms with Gasteiger partial charge in [-0.05, 0) is 23.6 Å². The zero-order valence-corrected chi connectivity index (χ0v) is 11.5. The first-order valence-electron chi connectivity index (χ1n) is 6.61. The van der Waals surface area contributed by atoms with Crippen molar-refractivity contribution in [2.45, 2.75) is 0 Å². The van der Waals surface area contributed by atoms with Gasteiger partial charge in [0.15, 0.2) is 5.69 Å². The summed E-state index contributed by atoms with van der Waals surface area (Å²) in [6, 6.07) is 17.0. The van der Waals surface area contributed by atoms with Crippen molar-refractivity contribution in [3.8, 4) is 5.75 Å². The molecular formula is C16H13N3O3. The average Bonchev–Trinajstić information content (AvgIpc) is 2.54. The number of hydrogen-bond acceptors (Lipinski definition) is 5. The molecule has 0 aliphatic rings. The third kappa shape index (κ3) is 2.79. The number of nitrogens with zero attached hydrogens (tertiary/aromatic N) is 2. The van der Waals surface area contributed by atoms with Crippen molar-refractivity contribution in [2.75, 3.05) is 0 Å². The van der Waals surface area contributed by atoms with Gasteiger partial charge >= 0.3 is 0 Å². The summed E-state index contributed by atoms with van der Waals surface area (Å²) in [5.74, 6) is 0.0459. The SMILES string of the molecule is [O-][NH+](O)c1ccc(N=Nc2c(O)ccc3ccccc23)cc1. The van der Waals surface area contributed by atoms with E-state index in [4.69, 9.17) is 5.21 Å². The monoisotopic (exact) mass is 295 g/mol. The lowest BCUT2D eigenvalue weighted by Gasteiger charge is -2.10. The molecule has 3 aromatic carbocycles. The van der Waals surface area contributed by atoms with Crippen LogP contribution in [0.3, 0.4) is 0 Å². The maximum absolute atomic E-state index is 10.8. The molecule has 0 aromatic heterocycles. The first-order valence-corrected chi connectivity index (χ1v) is 6.61. The van der Waals surface area contributed by atoms with Gasteiger partial charge in [0.25, 0.3) is 0 Å². The average molecular weight is 295 g/mol. The second-order valence-electron chi connectivity index (χ2n) is 4.71. The summed E-state index contributed by atoms with van der Waals surface area (Å²) in [5, 5.41) is 38.5. The minimum Gasteiger partial charge on any atom is -0.595 e. The summed E-state index contributed by atoms with van der Waals surface area (Å²) in [7, 11) is 0. The molecule has 3 rings (SSSR count). The number of phenols is 1. The summed E-state index contributed by atoms with van der Waals surface area (Å²) < 4.78 is 0. The van der Waals surface area contributed by atoms with Crippen LogP contribution in [0.25, 0.3) is 10.8 Å². The first-order chi connectivity index (χ1) is 10.6. The topological polar surface area (TPSA) is 92.7 Å². The van der Waals surface area contributed by atoms with Crippen molar-refractivity contribution in [3.63, 3.8) is 0 Å². The minimum absolute atomic E-state index is 0.0459. The Morgan fingerprint density at radius 3 is 2.32 bits per heavy atom. The molecule has 0 bridgehead atoms. The second kappa shape index (κ2) is 5.90. The highest BCUT2D eigenvalue weighted by atomic mass is 16.8. The molecule has 0 radical (unpaired) electrons. The molecule has 0 aliphatic carbocycles. The van der Waals surface area contributed by atoms with Gasteiger partial charge in [-0.25, -0.2) is 5.21 Å². The van der Waals surface area contributed by atoms with E-state index < -0.39 is 5.23 Å². The number of aromatic hydroxyl groups is 1. The molecule has 0 saturated heterocycles. The minimum atomic E-state index is -0.991. The van der Waals surface area contributed by atoms with E-state index >= 15 is 0 Å². The number of nitrogens with one attached hydrogen (secondary N) is 1. The van der Waals surface area contributed by atoms with E-state index in [1.54, 1.807) is 18.2 Å². The van der Waals surface area contributed by atoms with E-state index in [1.165, 1.54) is 12.1 Å². The normalized spacial score (nSPS) is 12.8. The van der Waals surface area contributed by atoms with Crippen LogP contribution in [-0.2, 0) is 0 Å². The van der Waals surface area contributed by atoms with Crippen LogP contribution in [0.2, 0.25) is 0 Å². The highest BCUT2D eigenvalue weighted by Gasteiger charge is 2.06. The number of benzene rings is 3. The Hall–Kier alpha value is -2.80. The first kappa shape index (κ1) is 14.2. The smallest absolute Gasteiger partial charge is 0.163 e. The lowest BCUT2D eigenvalue weighted by atomic mass is 10.1. The molecule has 1 atom stereocenters. The van der Waals surface area contributed by atoms with Crippen LogP contribution in [0, 0.1) is 5.21 Å². The van der Waals surface area contributed by atoms with E-state index in [2.05, 4.69) is 10.2 Å². The third-order valence-electron chi connectivity index (χ3n) is 3.26. The Kier molecular flexibility index (Phi) is 3.80. The number of hydrogen-bond donors (Lipinski definition) is 3. The molecule has 3 N–H and O–H groups in total. The fraction of sp³-hybridized carbons (Fsp3) is 0. The van der Waals surface area contributed by atoms with Gasteiger partial charge in [-0.3, -0.25) is 0 Å². The Morgan fingerprint density at radius 2 is 1.59 bits per heavy atom. The zero-order valence-electron chi connectivity index (χ0n) is 11.5. The molecule has 22 heavy (non-hydrogen) atoms. The van der Waals surface area contributed by atoms with Crippen molar-refractivity contribution in [1.29, 1.82) is 0 Å². The Labute approximate surface area is 126 Å². The van der Waals surface area contributed by atoms with Crippen molar-refractivity contribution in [3.05, 3.63) is 65.9 Å². The van der Waals surface area contributed by atoms with Crippen LogP contribution in [0.15, 0.2) is 70.9 Å². The molecule has 0 heterocycles. The Bertz CT molecular complexity index is 830. The Balaban J connectivity index is 1.97. The second-order valence-corrected chi connectivity index (χ2v) is 4.71. The van der Waals surface area contributed by atoms with E-state index in [1.807, 2.05) is 30.3 Å². The van der Waals surface area contributed by atoms with Gasteiger partial charge in [0, 0.05) is 17.5 Å². The molecular weight excluding hydrogens is 282 g/mol. The van der Waals surface area contributed by atoms with Gasteiger partial charge in [0.05, 0.1) is 5.69 Å². The van der Waals surface area contributed by atoms with Gasteiger partial charge in [0.1, 0.15) is 11.4 Å². The predicted octanol–water partition coefficient (Wildman–Crippen LogP) is 3.36. The Morgan fingerprint density at radius 1 is 0.864 bits per heavy atom. The molecule has 0 aliphatic heterocycles. The third-order valence-corrected chi connectivity index (χ3v) is 3.26. The molecule has 6 heteroatoms. The molecule has 1 unspecified atom stereocenters. The summed E-state index contributed by atoms with van der Waals surface area (Å²) in [6.07, 6.45) is 0. The predicted molar refractivity (Wildman–Crippen MR) is 82.0 cm³/mol. The van der Waals surface area contributed by atoms with Gasteiger partial charge < -0.3 is 10.3 Å². The maximum Gasteiger partial charge on any atom is 0.163 e. The highest BCUT2D eigenvalue weighted by Crippen LogP contribution is 2.35. The van der Waals surface area contributed by atoms with E-state index in [-0.39, 0.29) is 11.4 Å². The molecule has 0 amide bonds. The largest absolute Gasteiger partial charge is 0.595 e. The maximum atomic E-state index is 10.8. The summed E-state index contributed by atoms with van der Waals surface area (Å²) in [6.45, 7) is 0. The van der Waals surface area contributed by atoms with Crippen LogP contribution >= 0.6 is 0 Å². The fourth-order valence-corrected chi connectivity index (χ4v) is 2.13. The van der Waals surface area contributed by atoms with Crippen molar-refractivity contribution in [1.82, 2.24) is 0 Å². The lowest BCUT2D eigenvalue weighted by molar-refractivity contribution is -0.991. The zero-order chi connectivity index (χ0) is 15.5. The number of fused-ring (bicyclic) bond motifs is 1. The number of quaternary nitrogens is 1. The van der Waals surface area contributed by atoms with E-state index in [9.17, 15) is 10.3 Å². The highest BCUT2D eigenvalue weighted by molar-refractivity contribution is 5.95. The van der Waals surface area contributed by atoms with Gasteiger partial charge in [-0.15, -0.1) is 5.11 Å². The molecule has 6 nitrogen and oxygen atoms in total. The molecule has 3 aromatic rings. The van der Waals surface area contributed by atoms with Crippen LogP contribution in [0.1, 0.15) is 0 Å². The number of phenolic OH excluding ortho intramolecular Hbond substituents is 1. The molecule has 0 fully saturated rings. The summed E-state index contributed by atoms with van der Waals surface area (Å²) in [4.78, 5) is 0. The molecule has 0 saturated carbocycles. The quantitative estimate of drug-likeness (QED) is 0.511. The van der Waals surface area contributed by atoms with Gasteiger partial charge in [0.2, 0.25) is 0 Å². The van der Waals surface area contributed by atoms with Crippen LogP contribution in [0.5, 0.6) is 5.75 Å². The van der Waals surface area contributed by atoms with Gasteiger partial charge in [-0.1, -0.05) is 30.3 Å². The van der Waals surface area contributed by atoms with Crippen molar-refractivity contribution >= 4 is 27.8 Å². The van der Waals surface area contributed by atoms with Crippen LogP contribution < -0.4 is 5.23 Å². The number of rotatable bonds is 3. The van der Waals surface area contributed by atoms with E-state index in [0.29, 0.717) is 11.4 Å². The molecule has 110 valence electrons. The number of azo groups is 1. The molecule has 0 spiro atoms. The fourth-order valence-electron chi connectivity index (χ4n) is 2.13. The van der Waals surface area contributed by atoms with Crippen molar-refractivity contribution in [2.24, 2.45) is 10.2 Å². The van der Waals surface area contributed by atoms with Crippen LogP contribution in [0.4, 0.5) is 17.1 Å². The van der Waals surface area contributed by atoms with Crippen molar-refractivity contribution < 1.29 is 15.5 Å².